The summed E-state index contributed by atoms with van der Waals surface area (Å²) in [5, 5.41) is -0.253. The van der Waals surface area contributed by atoms with E-state index in [1.165, 1.54) is 12.1 Å². The number of ether oxygens (including phenoxy) is 1. The van der Waals surface area contributed by atoms with Gasteiger partial charge in [0.1, 0.15) is 0 Å². The molecule has 23 heavy (non-hydrogen) atoms. The second-order valence-corrected chi connectivity index (χ2v) is 5.79. The van der Waals surface area contributed by atoms with E-state index in [1.807, 2.05) is 0 Å². The average molecular weight is 352 g/mol. The van der Waals surface area contributed by atoms with E-state index in [1.54, 1.807) is 0 Å². The number of hydrogen-bond donors (Lipinski definition) is 0. The molecule has 0 bridgehead atoms. The van der Waals surface area contributed by atoms with Gasteiger partial charge in [0.2, 0.25) is 0 Å². The van der Waals surface area contributed by atoms with Gasteiger partial charge in [0.05, 0.1) is 12.7 Å². The van der Waals surface area contributed by atoms with Crippen molar-refractivity contribution >= 4 is 26.9 Å². The first-order valence-corrected chi connectivity index (χ1v) is 7.29. The van der Waals surface area contributed by atoms with Crippen molar-refractivity contribution in [3.63, 3.8) is 0 Å². The predicted molar refractivity (Wildman–Crippen MR) is 70.8 cm³/mol. The third kappa shape index (κ3) is 3.07. The Morgan fingerprint density at radius 2 is 1.74 bits per heavy atom. The molecule has 0 aromatic heterocycles. The summed E-state index contributed by atoms with van der Waals surface area (Å²) < 4.78 is 81.3. The summed E-state index contributed by atoms with van der Waals surface area (Å²) in [5.74, 6) is -3.26. The van der Waals surface area contributed by atoms with E-state index in [0.29, 0.717) is 6.07 Å². The third-order valence-corrected chi connectivity index (χ3v) is 3.81. The number of benzene rings is 2. The first kappa shape index (κ1) is 17.0. The fourth-order valence-electron chi connectivity index (χ4n) is 1.82. The molecule has 0 fully saturated rings. The van der Waals surface area contributed by atoms with Crippen molar-refractivity contribution in [1.82, 2.24) is 0 Å². The largest absolute Gasteiger partial charge is 0.534 e. The van der Waals surface area contributed by atoms with Gasteiger partial charge in [0.15, 0.2) is 11.6 Å². The Morgan fingerprint density at radius 3 is 2.30 bits per heavy atom. The highest BCUT2D eigenvalue weighted by Crippen LogP contribution is 2.32. The van der Waals surface area contributed by atoms with Crippen LogP contribution in [0.4, 0.5) is 17.6 Å². The van der Waals surface area contributed by atoms with Gasteiger partial charge in [-0.1, -0.05) is 12.1 Å². The summed E-state index contributed by atoms with van der Waals surface area (Å²) in [7, 11) is -4.90. The molecule has 2 aromatic rings. The van der Waals surface area contributed by atoms with E-state index in [4.69, 9.17) is 0 Å². The van der Waals surface area contributed by atoms with Crippen LogP contribution in [-0.4, -0.2) is 27.0 Å². The van der Waals surface area contributed by atoms with Crippen LogP contribution in [0.1, 0.15) is 10.4 Å². The van der Waals surface area contributed by atoms with Gasteiger partial charge in [-0.2, -0.15) is 21.6 Å². The molecule has 0 heterocycles. The lowest BCUT2D eigenvalue weighted by Gasteiger charge is -2.12. The Kier molecular flexibility index (Phi) is 4.20. The fraction of sp³-hybridized carbons (Fsp3) is 0.154. The minimum Gasteiger partial charge on any atom is -0.465 e. The number of hydrogen-bond acceptors (Lipinski definition) is 5. The minimum atomic E-state index is -6.00. The Morgan fingerprint density at radius 1 is 1.09 bits per heavy atom. The molecule has 2 rings (SSSR count). The molecule has 0 unspecified atom stereocenters. The number of esters is 1. The van der Waals surface area contributed by atoms with Gasteiger partial charge in [-0.05, 0) is 23.6 Å². The quantitative estimate of drug-likeness (QED) is 0.368. The van der Waals surface area contributed by atoms with Crippen LogP contribution in [0.2, 0.25) is 0 Å². The number of methoxy groups -OCH3 is 1. The monoisotopic (exact) mass is 352 g/mol. The van der Waals surface area contributed by atoms with Gasteiger partial charge >= 0.3 is 21.6 Å². The molecule has 2 aromatic carbocycles. The lowest BCUT2D eigenvalue weighted by Crippen LogP contribution is -2.28. The van der Waals surface area contributed by atoms with Crippen LogP contribution in [0.3, 0.4) is 0 Å². The summed E-state index contributed by atoms with van der Waals surface area (Å²) in [6.45, 7) is 0. The van der Waals surface area contributed by atoms with Gasteiger partial charge in [0.25, 0.3) is 0 Å². The second kappa shape index (κ2) is 5.69. The van der Waals surface area contributed by atoms with E-state index in [0.717, 1.165) is 19.2 Å². The molecular formula is C13H8F4O5S. The minimum absolute atomic E-state index is 0.0332. The molecule has 0 aliphatic carbocycles. The van der Waals surface area contributed by atoms with Crippen molar-refractivity contribution in [2.75, 3.05) is 7.11 Å². The molecule has 0 spiro atoms. The van der Waals surface area contributed by atoms with Crippen molar-refractivity contribution in [1.29, 1.82) is 0 Å². The van der Waals surface area contributed by atoms with Gasteiger partial charge in [-0.3, -0.25) is 0 Å². The molecule has 0 aliphatic heterocycles. The van der Waals surface area contributed by atoms with Crippen molar-refractivity contribution in [2.24, 2.45) is 0 Å². The number of fused-ring (bicyclic) bond motifs is 1. The van der Waals surface area contributed by atoms with Gasteiger partial charge < -0.3 is 8.92 Å². The first-order chi connectivity index (χ1) is 10.6. The van der Waals surface area contributed by atoms with Crippen LogP contribution in [0.25, 0.3) is 10.8 Å². The maximum Gasteiger partial charge on any atom is 0.534 e. The van der Waals surface area contributed by atoms with Crippen LogP contribution >= 0.6 is 0 Å². The maximum absolute atomic E-state index is 14.2. The van der Waals surface area contributed by atoms with Crippen LogP contribution < -0.4 is 4.18 Å². The zero-order valence-corrected chi connectivity index (χ0v) is 12.2. The zero-order valence-electron chi connectivity index (χ0n) is 11.3. The topological polar surface area (TPSA) is 69.7 Å². The van der Waals surface area contributed by atoms with Gasteiger partial charge in [-0.25, -0.2) is 9.18 Å². The fourth-order valence-corrected chi connectivity index (χ4v) is 2.28. The Hall–Kier alpha value is -2.36. The van der Waals surface area contributed by atoms with Crippen LogP contribution in [0.15, 0.2) is 30.3 Å². The highest BCUT2D eigenvalue weighted by atomic mass is 32.2. The van der Waals surface area contributed by atoms with Gasteiger partial charge in [0, 0.05) is 5.39 Å². The summed E-state index contributed by atoms with van der Waals surface area (Å²) in [4.78, 5) is 11.6. The van der Waals surface area contributed by atoms with Crippen molar-refractivity contribution in [3.8, 4) is 5.75 Å². The van der Waals surface area contributed by atoms with E-state index in [-0.39, 0.29) is 16.3 Å². The number of rotatable bonds is 3. The number of carbonyl (C=O) groups is 1. The Labute approximate surface area is 127 Å². The van der Waals surface area contributed by atoms with Crippen molar-refractivity contribution in [3.05, 3.63) is 41.7 Å². The molecule has 0 amide bonds. The molecule has 5 nitrogen and oxygen atoms in total. The summed E-state index contributed by atoms with van der Waals surface area (Å²) in [6, 6.07) is 5.49. The number of halogens is 4. The normalized spacial score (nSPS) is 12.2. The number of alkyl halides is 3. The van der Waals surface area contributed by atoms with E-state index >= 15 is 0 Å². The molecule has 0 N–H and O–H groups in total. The van der Waals surface area contributed by atoms with E-state index in [9.17, 15) is 30.8 Å². The van der Waals surface area contributed by atoms with Crippen LogP contribution in [-0.2, 0) is 14.9 Å². The zero-order chi connectivity index (χ0) is 17.4. The van der Waals surface area contributed by atoms with Crippen molar-refractivity contribution in [2.45, 2.75) is 5.51 Å². The highest BCUT2D eigenvalue weighted by molar-refractivity contribution is 7.88. The van der Waals surface area contributed by atoms with Gasteiger partial charge in [-0.15, -0.1) is 0 Å². The second-order valence-electron chi connectivity index (χ2n) is 4.25. The molecule has 0 saturated heterocycles. The van der Waals surface area contributed by atoms with E-state index in [2.05, 4.69) is 8.92 Å². The molecule has 0 atom stereocenters. The lowest BCUT2D eigenvalue weighted by molar-refractivity contribution is -0.0500. The molecular weight excluding hydrogens is 344 g/mol. The maximum atomic E-state index is 14.2. The number of carbonyl (C=O) groups excluding carboxylic acids is 1. The van der Waals surface area contributed by atoms with Crippen molar-refractivity contribution < 1.29 is 39.7 Å². The SMILES string of the molecule is COC(=O)c1cccc2c(F)c(OS(=O)(=O)C(F)(F)F)ccc12. The predicted octanol–water partition coefficient (Wildman–Crippen LogP) is 2.99. The van der Waals surface area contributed by atoms with E-state index < -0.39 is 33.2 Å². The molecule has 0 aliphatic rings. The smallest absolute Gasteiger partial charge is 0.465 e. The van der Waals surface area contributed by atoms with Crippen LogP contribution in [0.5, 0.6) is 5.75 Å². The molecule has 0 radical (unpaired) electrons. The Bertz CT molecular complexity index is 874. The van der Waals surface area contributed by atoms with Crippen LogP contribution in [0, 0.1) is 5.82 Å². The summed E-state index contributed by atoms with van der Waals surface area (Å²) in [5.41, 5.74) is -5.73. The Balaban J connectivity index is 2.59. The lowest BCUT2D eigenvalue weighted by atomic mass is 10.0. The molecule has 0 saturated carbocycles. The summed E-state index contributed by atoms with van der Waals surface area (Å²) >= 11 is 0. The average Bonchev–Trinajstić information content (AvgIpc) is 2.47. The third-order valence-electron chi connectivity index (χ3n) is 2.85. The highest BCUT2D eigenvalue weighted by Gasteiger charge is 2.49. The first-order valence-electron chi connectivity index (χ1n) is 5.89. The standard InChI is InChI=1S/C13H8F4O5S/c1-21-12(18)9-4-2-3-8-7(9)5-6-10(11(8)14)22-23(19,20)13(15,16)17/h2-6H,1H3. The molecule has 124 valence electrons. The summed E-state index contributed by atoms with van der Waals surface area (Å²) in [6.07, 6.45) is 0. The molecule has 10 heteroatoms.